The highest BCUT2D eigenvalue weighted by molar-refractivity contribution is 5.99. The maximum absolute atomic E-state index is 13.9. The molecule has 0 saturated carbocycles. The summed E-state index contributed by atoms with van der Waals surface area (Å²) in [5.41, 5.74) is -2.29. The first-order valence-electron chi connectivity index (χ1n) is 8.93. The van der Waals surface area contributed by atoms with Crippen molar-refractivity contribution in [3.05, 3.63) is 71.3 Å². The predicted molar refractivity (Wildman–Crippen MR) is 95.0 cm³/mol. The number of benzene rings is 2. The average Bonchev–Trinajstić information content (AvgIpc) is 2.70. The van der Waals surface area contributed by atoms with Crippen molar-refractivity contribution >= 4 is 11.9 Å². The number of carbonyl (C=O) groups excluding carboxylic acids is 2. The van der Waals surface area contributed by atoms with Crippen LogP contribution >= 0.6 is 0 Å². The fraction of sp³-hybridized carbons (Fsp3) is 0.300. The molecule has 2 aromatic carbocycles. The van der Waals surface area contributed by atoms with Gasteiger partial charge in [-0.1, -0.05) is 42.5 Å². The number of alkyl halides is 9. The summed E-state index contributed by atoms with van der Waals surface area (Å²) in [6.07, 6.45) is -17.1. The van der Waals surface area contributed by atoms with Crippen LogP contribution in [0.3, 0.4) is 0 Å². The van der Waals surface area contributed by atoms with Gasteiger partial charge >= 0.3 is 24.6 Å². The molecule has 0 aliphatic rings. The molecular formula is C20H14F9NO3. The first-order valence-corrected chi connectivity index (χ1v) is 8.93. The van der Waals surface area contributed by atoms with Crippen molar-refractivity contribution in [3.63, 3.8) is 0 Å². The fourth-order valence-electron chi connectivity index (χ4n) is 2.83. The third-order valence-corrected chi connectivity index (χ3v) is 4.26. The Hall–Kier alpha value is -3.25. The highest BCUT2D eigenvalue weighted by Gasteiger charge is 2.51. The molecule has 33 heavy (non-hydrogen) atoms. The lowest BCUT2D eigenvalue weighted by molar-refractivity contribution is -0.170. The Kier molecular flexibility index (Phi) is 7.65. The molecule has 0 aromatic heterocycles. The Morgan fingerprint density at radius 2 is 1.36 bits per heavy atom. The van der Waals surface area contributed by atoms with E-state index in [-0.39, 0.29) is 0 Å². The van der Waals surface area contributed by atoms with E-state index in [1.165, 1.54) is 23.5 Å². The third kappa shape index (κ3) is 7.39. The predicted octanol–water partition coefficient (Wildman–Crippen LogP) is 6.10. The van der Waals surface area contributed by atoms with Crippen LogP contribution in [0.15, 0.2) is 54.6 Å². The van der Waals surface area contributed by atoms with Gasteiger partial charge in [-0.25, -0.2) is 4.79 Å². The minimum atomic E-state index is -5.35. The van der Waals surface area contributed by atoms with Gasteiger partial charge in [0.1, 0.15) is 5.92 Å². The van der Waals surface area contributed by atoms with Gasteiger partial charge in [-0.15, -0.1) is 0 Å². The summed E-state index contributed by atoms with van der Waals surface area (Å²) in [6.45, 7) is -2.14. The minimum Gasteiger partial charge on any atom is -0.440 e. The smallest absolute Gasteiger partial charge is 0.422 e. The Balaban J connectivity index is 2.50. The zero-order valence-corrected chi connectivity index (χ0v) is 16.2. The minimum absolute atomic E-state index is 0.408. The molecule has 1 amide bonds. The van der Waals surface area contributed by atoms with Gasteiger partial charge in [-0.2, -0.15) is 39.5 Å². The van der Waals surface area contributed by atoms with E-state index in [1.54, 1.807) is 0 Å². The second-order valence-corrected chi connectivity index (χ2v) is 6.68. The molecule has 0 radical (unpaired) electrons. The molecule has 2 atom stereocenters. The monoisotopic (exact) mass is 487 g/mol. The standard InChI is InChI=1S/C20H14F9NO3/c21-18(22,23)10-33-17(32)30-15(11-6-8-13(9-7-11)19(24,25)26)14(20(27,28)29)16(31)12-4-2-1-3-5-12/h1-9,14-15H,10H2,(H,30,32). The maximum atomic E-state index is 13.9. The lowest BCUT2D eigenvalue weighted by Gasteiger charge is -2.29. The van der Waals surface area contributed by atoms with E-state index in [1.807, 2.05) is 0 Å². The number of carbonyl (C=O) groups is 2. The van der Waals surface area contributed by atoms with Crippen molar-refractivity contribution in [2.24, 2.45) is 5.92 Å². The summed E-state index contributed by atoms with van der Waals surface area (Å²) < 4.78 is 121. The van der Waals surface area contributed by atoms with E-state index >= 15 is 0 Å². The molecular weight excluding hydrogens is 473 g/mol. The molecule has 2 aromatic rings. The zero-order valence-electron chi connectivity index (χ0n) is 16.2. The van der Waals surface area contributed by atoms with Crippen molar-refractivity contribution in [1.29, 1.82) is 0 Å². The molecule has 0 heterocycles. The van der Waals surface area contributed by atoms with Gasteiger partial charge in [0, 0.05) is 5.56 Å². The van der Waals surface area contributed by atoms with E-state index in [2.05, 4.69) is 4.74 Å². The SMILES string of the molecule is O=C(NC(c1ccc(C(F)(F)F)cc1)C(C(=O)c1ccccc1)C(F)(F)F)OCC(F)(F)F. The van der Waals surface area contributed by atoms with E-state index in [9.17, 15) is 49.1 Å². The topological polar surface area (TPSA) is 55.4 Å². The second kappa shape index (κ2) is 9.71. The number of halogens is 9. The summed E-state index contributed by atoms with van der Waals surface area (Å²) in [5, 5.41) is 1.54. The number of nitrogens with one attached hydrogen (secondary N) is 1. The Morgan fingerprint density at radius 3 is 1.82 bits per heavy atom. The van der Waals surface area contributed by atoms with Crippen molar-refractivity contribution in [3.8, 4) is 0 Å². The summed E-state index contributed by atoms with van der Waals surface area (Å²) >= 11 is 0. The number of amides is 1. The zero-order chi connectivity index (χ0) is 25.0. The Morgan fingerprint density at radius 1 is 0.818 bits per heavy atom. The fourth-order valence-corrected chi connectivity index (χ4v) is 2.83. The van der Waals surface area contributed by atoms with Gasteiger partial charge in [0.05, 0.1) is 11.6 Å². The van der Waals surface area contributed by atoms with Crippen LogP contribution in [0.1, 0.15) is 27.5 Å². The van der Waals surface area contributed by atoms with Gasteiger partial charge in [0.15, 0.2) is 12.4 Å². The van der Waals surface area contributed by atoms with Gasteiger partial charge in [0.25, 0.3) is 0 Å². The number of ether oxygens (including phenoxy) is 1. The first kappa shape index (κ1) is 26.0. The van der Waals surface area contributed by atoms with E-state index in [4.69, 9.17) is 0 Å². The van der Waals surface area contributed by atoms with Crippen LogP contribution < -0.4 is 5.32 Å². The molecule has 180 valence electrons. The summed E-state index contributed by atoms with van der Waals surface area (Å²) in [4.78, 5) is 24.5. The van der Waals surface area contributed by atoms with Gasteiger partial charge in [0.2, 0.25) is 0 Å². The molecule has 0 aliphatic heterocycles. The largest absolute Gasteiger partial charge is 0.440 e. The second-order valence-electron chi connectivity index (χ2n) is 6.68. The molecule has 13 heteroatoms. The number of alkyl carbamates (subject to hydrolysis) is 1. The summed E-state index contributed by atoms with van der Waals surface area (Å²) in [6, 6.07) is 5.55. The molecule has 0 bridgehead atoms. The van der Waals surface area contributed by atoms with E-state index < -0.39 is 65.7 Å². The van der Waals surface area contributed by atoms with Crippen molar-refractivity contribution < 1.29 is 53.8 Å². The van der Waals surface area contributed by atoms with E-state index in [0.717, 1.165) is 12.1 Å². The molecule has 4 nitrogen and oxygen atoms in total. The third-order valence-electron chi connectivity index (χ3n) is 4.26. The Bertz CT molecular complexity index is 952. The maximum Gasteiger partial charge on any atom is 0.422 e. The normalized spacial score (nSPS) is 14.3. The van der Waals surface area contributed by atoms with Gasteiger partial charge < -0.3 is 10.1 Å². The van der Waals surface area contributed by atoms with Crippen LogP contribution in [0.5, 0.6) is 0 Å². The molecule has 0 fully saturated rings. The first-order chi connectivity index (χ1) is 15.1. The van der Waals surface area contributed by atoms with Crippen molar-refractivity contribution in [2.75, 3.05) is 6.61 Å². The number of Topliss-reactive ketones (excluding diaryl/α,β-unsaturated/α-hetero) is 1. The quantitative estimate of drug-likeness (QED) is 0.396. The Labute approximate surface area is 180 Å². The molecule has 2 unspecified atom stereocenters. The number of hydrogen-bond donors (Lipinski definition) is 1. The van der Waals surface area contributed by atoms with Crippen LogP contribution in [0.2, 0.25) is 0 Å². The molecule has 0 saturated heterocycles. The molecule has 1 N–H and O–H groups in total. The van der Waals surface area contributed by atoms with Crippen LogP contribution in [0.4, 0.5) is 44.3 Å². The lowest BCUT2D eigenvalue weighted by atomic mass is 9.85. The van der Waals surface area contributed by atoms with Crippen LogP contribution in [-0.2, 0) is 10.9 Å². The van der Waals surface area contributed by atoms with Crippen molar-refractivity contribution in [2.45, 2.75) is 24.6 Å². The summed E-state index contributed by atoms with van der Waals surface area (Å²) in [5.74, 6) is -4.61. The van der Waals surface area contributed by atoms with Gasteiger partial charge in [-0.3, -0.25) is 4.79 Å². The molecule has 2 rings (SSSR count). The number of rotatable bonds is 6. The highest BCUT2D eigenvalue weighted by atomic mass is 19.4. The number of ketones is 1. The van der Waals surface area contributed by atoms with Crippen LogP contribution in [0.25, 0.3) is 0 Å². The lowest BCUT2D eigenvalue weighted by Crippen LogP contribution is -2.44. The number of hydrogen-bond acceptors (Lipinski definition) is 3. The summed E-state index contributed by atoms with van der Waals surface area (Å²) in [7, 11) is 0. The highest BCUT2D eigenvalue weighted by Crippen LogP contribution is 2.39. The van der Waals surface area contributed by atoms with Gasteiger partial charge in [-0.05, 0) is 17.7 Å². The van der Waals surface area contributed by atoms with E-state index in [0.29, 0.717) is 24.3 Å². The molecule has 0 aliphatic carbocycles. The van der Waals surface area contributed by atoms with Crippen LogP contribution in [0, 0.1) is 5.92 Å². The van der Waals surface area contributed by atoms with Crippen molar-refractivity contribution in [1.82, 2.24) is 5.32 Å². The average molecular weight is 487 g/mol. The van der Waals surface area contributed by atoms with Crippen LogP contribution in [-0.4, -0.2) is 30.8 Å². The molecule has 0 spiro atoms.